The number of hydrogen-bond acceptors (Lipinski definition) is 3. The molecule has 1 aliphatic heterocycles. The summed E-state index contributed by atoms with van der Waals surface area (Å²) < 4.78 is 4.98. The van der Waals surface area contributed by atoms with Gasteiger partial charge >= 0.3 is 0 Å². The Kier molecular flexibility index (Phi) is 4.18. The maximum absolute atomic E-state index is 10.9. The topological polar surface area (TPSA) is 32.8 Å². The fourth-order valence-electron chi connectivity index (χ4n) is 1.44. The van der Waals surface area contributed by atoms with Crippen molar-refractivity contribution < 1.29 is 9.53 Å². The van der Waals surface area contributed by atoms with Gasteiger partial charge in [-0.25, -0.2) is 0 Å². The second-order valence-electron chi connectivity index (χ2n) is 3.22. The van der Waals surface area contributed by atoms with E-state index in [9.17, 15) is 4.79 Å². The highest BCUT2D eigenvalue weighted by Gasteiger charge is 2.17. The number of hydrogen-bond donors (Lipinski definition) is 0. The van der Waals surface area contributed by atoms with Crippen LogP contribution in [0, 0.1) is 6.92 Å². The number of piperazine rings is 1. The van der Waals surface area contributed by atoms with E-state index in [4.69, 9.17) is 4.74 Å². The van der Waals surface area contributed by atoms with Crippen LogP contribution in [-0.4, -0.2) is 62.1 Å². The standard InChI is InChI=1S/C9H17N2O2/c1-9(12)11-5-3-10(4-6-11)7-8-13-2/h1,3-8H2,2H3. The number of amides is 1. The maximum atomic E-state index is 10.9. The lowest BCUT2D eigenvalue weighted by molar-refractivity contribution is -0.128. The highest BCUT2D eigenvalue weighted by atomic mass is 16.5. The molecule has 0 aliphatic carbocycles. The molecule has 1 saturated heterocycles. The second kappa shape index (κ2) is 5.19. The molecule has 75 valence electrons. The van der Waals surface area contributed by atoms with Crippen LogP contribution in [0.15, 0.2) is 0 Å². The van der Waals surface area contributed by atoms with E-state index in [1.165, 1.54) is 0 Å². The quantitative estimate of drug-likeness (QED) is 0.600. The molecule has 0 aromatic carbocycles. The Balaban J connectivity index is 2.18. The molecule has 4 nitrogen and oxygen atoms in total. The summed E-state index contributed by atoms with van der Waals surface area (Å²) in [7, 11) is 1.70. The summed E-state index contributed by atoms with van der Waals surface area (Å²) in [5, 5.41) is 0. The van der Waals surface area contributed by atoms with Crippen LogP contribution >= 0.6 is 0 Å². The van der Waals surface area contributed by atoms with Crippen LogP contribution in [0.4, 0.5) is 0 Å². The summed E-state index contributed by atoms with van der Waals surface area (Å²) in [5.74, 6) is -0.0635. The molecule has 0 atom stereocenters. The van der Waals surface area contributed by atoms with Crippen molar-refractivity contribution in [3.8, 4) is 0 Å². The van der Waals surface area contributed by atoms with Gasteiger partial charge in [-0.1, -0.05) is 0 Å². The van der Waals surface area contributed by atoms with Gasteiger partial charge in [-0.3, -0.25) is 9.69 Å². The average Bonchev–Trinajstić information content (AvgIpc) is 2.15. The highest BCUT2D eigenvalue weighted by Crippen LogP contribution is 2.00. The minimum Gasteiger partial charge on any atom is -0.383 e. The first kappa shape index (κ1) is 10.5. The van der Waals surface area contributed by atoms with Crippen molar-refractivity contribution in [2.75, 3.05) is 46.4 Å². The van der Waals surface area contributed by atoms with Gasteiger partial charge in [0.15, 0.2) is 0 Å². The van der Waals surface area contributed by atoms with E-state index < -0.39 is 0 Å². The van der Waals surface area contributed by atoms with Crippen LogP contribution < -0.4 is 0 Å². The van der Waals surface area contributed by atoms with Crippen molar-refractivity contribution in [3.63, 3.8) is 0 Å². The average molecular weight is 185 g/mol. The summed E-state index contributed by atoms with van der Waals surface area (Å²) in [6.45, 7) is 8.58. The summed E-state index contributed by atoms with van der Waals surface area (Å²) in [6, 6.07) is 0. The molecule has 0 spiro atoms. The molecule has 0 saturated carbocycles. The lowest BCUT2D eigenvalue weighted by Gasteiger charge is -2.33. The number of methoxy groups -OCH3 is 1. The predicted octanol–water partition coefficient (Wildman–Crippen LogP) is -0.389. The van der Waals surface area contributed by atoms with Crippen LogP contribution in [0.25, 0.3) is 0 Å². The third-order valence-corrected chi connectivity index (χ3v) is 2.34. The molecule has 0 unspecified atom stereocenters. The van der Waals surface area contributed by atoms with Crippen LogP contribution in [0.3, 0.4) is 0 Å². The van der Waals surface area contributed by atoms with Crippen molar-refractivity contribution in [2.45, 2.75) is 0 Å². The number of rotatable bonds is 3. The fraction of sp³-hybridized carbons (Fsp3) is 0.778. The van der Waals surface area contributed by atoms with E-state index in [-0.39, 0.29) is 5.91 Å². The highest BCUT2D eigenvalue weighted by molar-refractivity contribution is 5.80. The van der Waals surface area contributed by atoms with Crippen molar-refractivity contribution in [3.05, 3.63) is 6.92 Å². The minimum atomic E-state index is -0.0635. The first-order valence-corrected chi connectivity index (χ1v) is 4.56. The molecular formula is C9H17N2O2. The van der Waals surface area contributed by atoms with Gasteiger partial charge in [0, 0.05) is 46.8 Å². The summed E-state index contributed by atoms with van der Waals surface area (Å²) in [4.78, 5) is 15.0. The molecule has 0 bridgehead atoms. The van der Waals surface area contributed by atoms with Gasteiger partial charge in [0.25, 0.3) is 0 Å². The molecule has 1 rings (SSSR count). The number of carbonyl (C=O) groups excluding carboxylic acids is 1. The normalized spacial score (nSPS) is 19.1. The zero-order valence-corrected chi connectivity index (χ0v) is 8.16. The van der Waals surface area contributed by atoms with Gasteiger partial charge in [-0.2, -0.15) is 0 Å². The predicted molar refractivity (Wildman–Crippen MR) is 50.3 cm³/mol. The van der Waals surface area contributed by atoms with Crippen molar-refractivity contribution in [2.24, 2.45) is 0 Å². The first-order chi connectivity index (χ1) is 6.24. The molecule has 1 radical (unpaired) electrons. The lowest BCUT2D eigenvalue weighted by atomic mass is 10.3. The Labute approximate surface area is 79.4 Å². The van der Waals surface area contributed by atoms with E-state index in [2.05, 4.69) is 11.8 Å². The minimum absolute atomic E-state index is 0.0635. The van der Waals surface area contributed by atoms with Gasteiger partial charge in [-0.05, 0) is 0 Å². The number of nitrogens with zero attached hydrogens (tertiary/aromatic N) is 2. The Morgan fingerprint density at radius 3 is 2.46 bits per heavy atom. The molecule has 1 aliphatic rings. The molecule has 0 aromatic rings. The molecule has 1 fully saturated rings. The summed E-state index contributed by atoms with van der Waals surface area (Å²) in [6.07, 6.45) is 0. The maximum Gasteiger partial charge on any atom is 0.223 e. The van der Waals surface area contributed by atoms with Crippen molar-refractivity contribution in [1.29, 1.82) is 0 Å². The van der Waals surface area contributed by atoms with Crippen LogP contribution in [0.1, 0.15) is 0 Å². The molecular weight excluding hydrogens is 168 g/mol. The molecule has 1 amide bonds. The Bertz CT molecular complexity index is 165. The molecule has 4 heteroatoms. The zero-order chi connectivity index (χ0) is 9.68. The van der Waals surface area contributed by atoms with E-state index in [0.717, 1.165) is 39.3 Å². The Hall–Kier alpha value is -0.610. The molecule has 1 heterocycles. The van der Waals surface area contributed by atoms with E-state index in [1.54, 1.807) is 12.0 Å². The van der Waals surface area contributed by atoms with Crippen molar-refractivity contribution in [1.82, 2.24) is 9.80 Å². The Morgan fingerprint density at radius 1 is 1.38 bits per heavy atom. The van der Waals surface area contributed by atoms with Crippen LogP contribution in [0.2, 0.25) is 0 Å². The smallest absolute Gasteiger partial charge is 0.223 e. The molecule has 0 N–H and O–H groups in total. The monoisotopic (exact) mass is 185 g/mol. The van der Waals surface area contributed by atoms with Crippen LogP contribution in [-0.2, 0) is 9.53 Å². The Morgan fingerprint density at radius 2 is 2.00 bits per heavy atom. The zero-order valence-electron chi connectivity index (χ0n) is 8.16. The van der Waals surface area contributed by atoms with E-state index >= 15 is 0 Å². The van der Waals surface area contributed by atoms with Crippen LogP contribution in [0.5, 0.6) is 0 Å². The number of carbonyl (C=O) groups is 1. The van der Waals surface area contributed by atoms with Gasteiger partial charge in [0.1, 0.15) is 0 Å². The third kappa shape index (κ3) is 3.32. The lowest BCUT2D eigenvalue weighted by Crippen LogP contribution is -2.48. The SMILES string of the molecule is [CH2]C(=O)N1CCN(CCOC)CC1. The largest absolute Gasteiger partial charge is 0.383 e. The van der Waals surface area contributed by atoms with Gasteiger partial charge < -0.3 is 9.64 Å². The molecule has 13 heavy (non-hydrogen) atoms. The third-order valence-electron chi connectivity index (χ3n) is 2.34. The second-order valence-corrected chi connectivity index (χ2v) is 3.22. The van der Waals surface area contributed by atoms with Gasteiger partial charge in [0.2, 0.25) is 5.91 Å². The number of ether oxygens (including phenoxy) is 1. The summed E-state index contributed by atoms with van der Waals surface area (Å²) in [5.41, 5.74) is 0. The van der Waals surface area contributed by atoms with Gasteiger partial charge in [0.05, 0.1) is 6.61 Å². The van der Waals surface area contributed by atoms with E-state index in [0.29, 0.717) is 0 Å². The van der Waals surface area contributed by atoms with Crippen molar-refractivity contribution >= 4 is 5.91 Å². The van der Waals surface area contributed by atoms with E-state index in [1.807, 2.05) is 0 Å². The first-order valence-electron chi connectivity index (χ1n) is 4.56. The van der Waals surface area contributed by atoms with Gasteiger partial charge in [-0.15, -0.1) is 0 Å². The molecule has 0 aromatic heterocycles. The summed E-state index contributed by atoms with van der Waals surface area (Å²) >= 11 is 0. The fourth-order valence-corrected chi connectivity index (χ4v) is 1.44.